The van der Waals surface area contributed by atoms with E-state index in [1.165, 1.54) is 11.3 Å². The third-order valence-electron chi connectivity index (χ3n) is 13.6. The number of halogens is 1. The van der Waals surface area contributed by atoms with E-state index in [4.69, 9.17) is 29.2 Å². The normalized spacial score (nSPS) is 23.2. The minimum absolute atomic E-state index is 0.102. The third-order valence-corrected chi connectivity index (χ3v) is 21.0. The van der Waals surface area contributed by atoms with Crippen LogP contribution in [-0.2, 0) is 4.74 Å². The quantitative estimate of drug-likeness (QED) is 0.0838. The van der Waals surface area contributed by atoms with Gasteiger partial charge in [0, 0.05) is 57.2 Å². The number of carboxylic acid groups (broad SMARTS) is 1. The summed E-state index contributed by atoms with van der Waals surface area (Å²) in [5, 5.41) is 12.7. The van der Waals surface area contributed by atoms with Crippen LogP contribution >= 0.6 is 11.3 Å². The summed E-state index contributed by atoms with van der Waals surface area (Å²) >= 11 is 1.45. The fraction of sp³-hybridized carbons (Fsp3) is 0.591. The summed E-state index contributed by atoms with van der Waals surface area (Å²) in [5.41, 5.74) is 7.52. The molecule has 2 bridgehead atoms. The molecule has 316 valence electrons. The van der Waals surface area contributed by atoms with E-state index in [1.54, 1.807) is 12.0 Å². The van der Waals surface area contributed by atoms with Gasteiger partial charge in [-0.05, 0) is 66.4 Å². The van der Waals surface area contributed by atoms with Crippen LogP contribution < -0.4 is 19.3 Å². The van der Waals surface area contributed by atoms with E-state index >= 15 is 0 Å². The van der Waals surface area contributed by atoms with E-state index in [0.717, 1.165) is 54.3 Å². The molecule has 0 aliphatic carbocycles. The van der Waals surface area contributed by atoms with Gasteiger partial charge in [0.05, 0.1) is 23.3 Å². The van der Waals surface area contributed by atoms with Crippen molar-refractivity contribution in [2.45, 2.75) is 114 Å². The number of benzene rings is 2. The van der Waals surface area contributed by atoms with Crippen molar-refractivity contribution in [3.8, 4) is 23.2 Å². The molecule has 4 atom stereocenters. The van der Waals surface area contributed by atoms with Gasteiger partial charge in [0.15, 0.2) is 22.6 Å². The Morgan fingerprint density at radius 2 is 1.78 bits per heavy atom. The first kappa shape index (κ1) is 41.5. The van der Waals surface area contributed by atoms with E-state index in [9.17, 15) is 14.3 Å². The van der Waals surface area contributed by atoms with Crippen LogP contribution in [0, 0.1) is 11.5 Å². The number of methoxy groups -OCH3 is 1. The van der Waals surface area contributed by atoms with Crippen LogP contribution in [0.15, 0.2) is 30.3 Å². The highest BCUT2D eigenvalue weighted by molar-refractivity contribution is 7.22. The van der Waals surface area contributed by atoms with Crippen molar-refractivity contribution in [1.82, 2.24) is 24.8 Å². The van der Waals surface area contributed by atoms with Crippen LogP contribution in [0.1, 0.15) is 79.2 Å². The summed E-state index contributed by atoms with van der Waals surface area (Å²) in [4.78, 5) is 36.2. The fourth-order valence-electron chi connectivity index (χ4n) is 10.9. The Hall–Kier alpha value is -4.23. The Morgan fingerprint density at radius 3 is 2.46 bits per heavy atom. The lowest BCUT2D eigenvalue weighted by molar-refractivity contribution is 0.0512. The number of thiazole rings is 1. The Labute approximate surface area is 352 Å². The molecule has 6 heterocycles. The van der Waals surface area contributed by atoms with Crippen molar-refractivity contribution in [3.63, 3.8) is 0 Å². The van der Waals surface area contributed by atoms with Gasteiger partial charge in [-0.2, -0.15) is 9.97 Å². The van der Waals surface area contributed by atoms with E-state index in [1.807, 2.05) is 19.2 Å². The molecule has 4 aliphatic heterocycles. The lowest BCUT2D eigenvalue weighted by Gasteiger charge is -2.40. The second kappa shape index (κ2) is 16.3. The summed E-state index contributed by atoms with van der Waals surface area (Å²) < 4.78 is 32.5. The number of hydrogen-bond acceptors (Lipinski definition) is 11. The van der Waals surface area contributed by atoms with Crippen molar-refractivity contribution in [3.05, 3.63) is 35.9 Å². The number of fused-ring (bicyclic) bond motifs is 5. The van der Waals surface area contributed by atoms with Gasteiger partial charge >= 0.3 is 12.1 Å². The van der Waals surface area contributed by atoms with Crippen molar-refractivity contribution < 1.29 is 28.5 Å². The number of rotatable bonds is 12. The number of carbonyl (C=O) groups is 1. The highest BCUT2D eigenvalue weighted by atomic mass is 32.1. The molecule has 2 unspecified atom stereocenters. The molecule has 4 aromatic rings. The second-order valence-electron chi connectivity index (χ2n) is 17.9. The zero-order valence-corrected chi connectivity index (χ0v) is 37.4. The minimum Gasteiger partial charge on any atom is -0.467 e. The number of nitrogens with zero attached hydrogens (tertiary/aromatic N) is 7. The first-order valence-corrected chi connectivity index (χ1v) is 24.2. The zero-order chi connectivity index (χ0) is 41.8. The van der Waals surface area contributed by atoms with Crippen molar-refractivity contribution in [2.24, 2.45) is 0 Å². The number of aromatic nitrogens is 3. The summed E-state index contributed by atoms with van der Waals surface area (Å²) in [6.07, 6.45) is 2.18. The molecule has 59 heavy (non-hydrogen) atoms. The third kappa shape index (κ3) is 7.48. The molecule has 8 rings (SSSR count). The molecule has 0 saturated carbocycles. The van der Waals surface area contributed by atoms with Gasteiger partial charge in [-0.25, -0.2) is 14.2 Å². The zero-order valence-electron chi connectivity index (χ0n) is 35.6. The smallest absolute Gasteiger partial charge is 0.407 e. The van der Waals surface area contributed by atoms with Crippen molar-refractivity contribution >= 4 is 63.3 Å². The predicted molar refractivity (Wildman–Crippen MR) is 235 cm³/mol. The standard InChI is InChI=1S/C44H58FN7O5SSi/c1-27(2)59(28(3)4,29(5)6)18-15-30-11-9-12-31-19-35(57-26-55-8)20-36(37(30)31)49(7)42-46-38-39(50-23-33-13-14-34(24-50)52(33)43(53)54)47-41(48-40(38)58-42)56-25-44-16-10-17-51(44)22-32(45)21-44/h9,11-12,19-20,27-29,32-34H,10,13-14,16-17,21-26H2,1-8H3,(H,53,54)/t32-,33?,34?,44+/m1/s1. The van der Waals surface area contributed by atoms with E-state index < -0.39 is 20.3 Å². The molecule has 4 fully saturated rings. The maximum atomic E-state index is 14.7. The van der Waals surface area contributed by atoms with Crippen LogP contribution in [0.3, 0.4) is 0 Å². The Morgan fingerprint density at radius 1 is 1.05 bits per heavy atom. The first-order valence-electron chi connectivity index (χ1n) is 21.2. The molecule has 4 aliphatic rings. The fourth-order valence-corrected chi connectivity index (χ4v) is 17.0. The number of anilines is 3. The van der Waals surface area contributed by atoms with Gasteiger partial charge in [0.2, 0.25) is 0 Å². The van der Waals surface area contributed by atoms with Crippen molar-refractivity contribution in [2.75, 3.05) is 63.5 Å². The molecule has 15 heteroatoms. The molecule has 1 amide bonds. The molecule has 12 nitrogen and oxygen atoms in total. The SMILES string of the molecule is COCOc1cc(N(C)c2nc3c(N4CC5CCC(C4)N5C(=O)O)nc(OC[C@@]45CCCN4C[C@H](F)C5)nc3s2)c2c(C#C[Si](C(C)C)(C(C)C)C(C)C)cccc2c1. The molecule has 1 N–H and O–H groups in total. The number of amides is 1. The highest BCUT2D eigenvalue weighted by Crippen LogP contribution is 2.45. The van der Waals surface area contributed by atoms with Gasteiger partial charge < -0.3 is 29.1 Å². The first-order chi connectivity index (χ1) is 28.2. The van der Waals surface area contributed by atoms with Crippen LogP contribution in [-0.4, -0.2) is 122 Å². The lowest BCUT2D eigenvalue weighted by Crippen LogP contribution is -2.55. The maximum Gasteiger partial charge on any atom is 0.407 e. The summed E-state index contributed by atoms with van der Waals surface area (Å²) in [6, 6.07) is 10.3. The summed E-state index contributed by atoms with van der Waals surface area (Å²) in [6.45, 7) is 16.7. The number of alkyl halides is 1. The predicted octanol–water partition coefficient (Wildman–Crippen LogP) is 8.85. The Kier molecular flexibility index (Phi) is 11.5. The average molecular weight is 844 g/mol. The number of piperazine rings is 1. The molecular weight excluding hydrogens is 786 g/mol. The topological polar surface area (TPSA) is 117 Å². The maximum absolute atomic E-state index is 14.7. The number of ether oxygens (including phenoxy) is 3. The van der Waals surface area contributed by atoms with Crippen LogP contribution in [0.2, 0.25) is 16.6 Å². The van der Waals surface area contributed by atoms with Gasteiger partial charge in [-0.1, -0.05) is 70.9 Å². The lowest BCUT2D eigenvalue weighted by atomic mass is 9.95. The number of hydrogen-bond donors (Lipinski definition) is 1. The largest absolute Gasteiger partial charge is 0.467 e. The molecule has 2 aromatic heterocycles. The second-order valence-corrected chi connectivity index (χ2v) is 24.5. The van der Waals surface area contributed by atoms with E-state index in [-0.39, 0.29) is 30.4 Å². The Bertz CT molecular complexity index is 2240. The van der Waals surface area contributed by atoms with E-state index in [0.29, 0.717) is 76.3 Å². The van der Waals surface area contributed by atoms with E-state index in [2.05, 4.69) is 85.9 Å². The summed E-state index contributed by atoms with van der Waals surface area (Å²) in [7, 11) is 1.57. The highest BCUT2D eigenvalue weighted by Gasteiger charge is 2.50. The average Bonchev–Trinajstić information content (AvgIpc) is 3.94. The Balaban J connectivity index is 1.23. The molecule has 4 saturated heterocycles. The van der Waals surface area contributed by atoms with Crippen LogP contribution in [0.25, 0.3) is 21.1 Å². The van der Waals surface area contributed by atoms with Gasteiger partial charge in [0.1, 0.15) is 32.1 Å². The molecule has 0 radical (unpaired) electrons. The molecular formula is C44H58FN7O5SSi. The van der Waals surface area contributed by atoms with Gasteiger partial charge in [-0.3, -0.25) is 9.80 Å². The van der Waals surface area contributed by atoms with Crippen molar-refractivity contribution in [1.29, 1.82) is 0 Å². The molecule has 0 spiro atoms. The molecule has 2 aromatic carbocycles. The van der Waals surface area contributed by atoms with Crippen LogP contribution in [0.4, 0.5) is 25.8 Å². The van der Waals surface area contributed by atoms with Crippen LogP contribution in [0.5, 0.6) is 11.8 Å². The van der Waals surface area contributed by atoms with Gasteiger partial charge in [-0.15, -0.1) is 5.54 Å². The summed E-state index contributed by atoms with van der Waals surface area (Å²) in [5.74, 6) is 5.02. The minimum atomic E-state index is -2.04. The van der Waals surface area contributed by atoms with Gasteiger partial charge in [0.25, 0.3) is 0 Å². The monoisotopic (exact) mass is 843 g/mol.